The van der Waals surface area contributed by atoms with Crippen LogP contribution in [0.15, 0.2) is 46.3 Å². The normalized spacial score (nSPS) is 10.9. The number of carbonyl (C=O) groups excluding carboxylic acids is 1. The van der Waals surface area contributed by atoms with Crippen LogP contribution >= 0.6 is 27.3 Å². The van der Waals surface area contributed by atoms with Crippen molar-refractivity contribution < 1.29 is 4.79 Å². The molecular weight excluding hydrogens is 334 g/mol. The summed E-state index contributed by atoms with van der Waals surface area (Å²) in [7, 11) is 0. The van der Waals surface area contributed by atoms with Gasteiger partial charge in [0.1, 0.15) is 0 Å². The lowest BCUT2D eigenvalue weighted by atomic mass is 10.0. The molecule has 0 bridgehead atoms. The largest absolute Gasteiger partial charge is 0.294 e. The van der Waals surface area contributed by atoms with Gasteiger partial charge in [0, 0.05) is 15.4 Å². The Balaban J connectivity index is 1.89. The third-order valence-corrected chi connectivity index (χ3v) is 4.45. The number of fused-ring (bicyclic) bond motifs is 1. The molecule has 0 N–H and O–H groups in total. The number of carbonyl (C=O) groups is 1. The summed E-state index contributed by atoms with van der Waals surface area (Å²) in [5.41, 5.74) is 1.60. The quantitative estimate of drug-likeness (QED) is 0.638. The lowest BCUT2D eigenvalue weighted by Gasteiger charge is -2.03. The zero-order chi connectivity index (χ0) is 14.1. The van der Waals surface area contributed by atoms with Crippen molar-refractivity contribution in [1.29, 1.82) is 0 Å². The van der Waals surface area contributed by atoms with Crippen LogP contribution in [0.2, 0.25) is 0 Å². The summed E-state index contributed by atoms with van der Waals surface area (Å²) in [6.45, 7) is 1.95. The number of aryl methyl sites for hydroxylation is 1. The van der Waals surface area contributed by atoms with Crippen LogP contribution in [0.1, 0.15) is 21.1 Å². The Kier molecular flexibility index (Phi) is 3.68. The molecule has 0 aliphatic rings. The predicted octanol–water partition coefficient (Wildman–Crippen LogP) is 4.79. The van der Waals surface area contributed by atoms with E-state index in [1.165, 1.54) is 0 Å². The third-order valence-electron chi connectivity index (χ3n) is 3.13. The number of thiazole rings is 1. The van der Waals surface area contributed by atoms with Gasteiger partial charge in [-0.2, -0.15) is 0 Å². The van der Waals surface area contributed by atoms with E-state index in [4.69, 9.17) is 0 Å². The highest BCUT2D eigenvalue weighted by Gasteiger charge is 2.10. The molecule has 0 aliphatic carbocycles. The molecule has 0 saturated carbocycles. The summed E-state index contributed by atoms with van der Waals surface area (Å²) in [6, 6.07) is 11.9. The minimum Gasteiger partial charge on any atom is -0.294 e. The van der Waals surface area contributed by atoms with Gasteiger partial charge in [0.25, 0.3) is 0 Å². The smallest absolute Gasteiger partial charge is 0.168 e. The molecule has 3 aromatic rings. The number of hydrogen-bond acceptors (Lipinski definition) is 3. The van der Waals surface area contributed by atoms with Gasteiger partial charge in [-0.1, -0.05) is 34.1 Å². The molecule has 2 nitrogen and oxygen atoms in total. The van der Waals surface area contributed by atoms with Crippen LogP contribution in [0.3, 0.4) is 0 Å². The Morgan fingerprint density at radius 1 is 1.20 bits per heavy atom. The van der Waals surface area contributed by atoms with E-state index in [0.29, 0.717) is 6.42 Å². The number of nitrogens with zero attached hydrogens (tertiary/aromatic N) is 1. The van der Waals surface area contributed by atoms with Gasteiger partial charge in [-0.05, 0) is 35.9 Å². The van der Waals surface area contributed by atoms with E-state index in [2.05, 4.69) is 20.9 Å². The Hall–Kier alpha value is -1.52. The van der Waals surface area contributed by atoms with Crippen molar-refractivity contribution in [2.45, 2.75) is 13.3 Å². The number of benzene rings is 2. The van der Waals surface area contributed by atoms with Crippen molar-refractivity contribution in [2.24, 2.45) is 0 Å². The third kappa shape index (κ3) is 2.81. The summed E-state index contributed by atoms with van der Waals surface area (Å²) in [5.74, 6) is 0.111. The van der Waals surface area contributed by atoms with Crippen LogP contribution < -0.4 is 0 Å². The van der Waals surface area contributed by atoms with Crippen LogP contribution in [0.4, 0.5) is 0 Å². The molecule has 0 unspecified atom stereocenters. The molecule has 20 heavy (non-hydrogen) atoms. The van der Waals surface area contributed by atoms with E-state index < -0.39 is 0 Å². The summed E-state index contributed by atoms with van der Waals surface area (Å²) in [4.78, 5) is 16.6. The molecule has 0 radical (unpaired) electrons. The number of ketones is 1. The van der Waals surface area contributed by atoms with Gasteiger partial charge in [-0.15, -0.1) is 11.3 Å². The van der Waals surface area contributed by atoms with E-state index >= 15 is 0 Å². The van der Waals surface area contributed by atoms with Gasteiger partial charge in [0.2, 0.25) is 0 Å². The minimum atomic E-state index is 0.111. The molecule has 0 aliphatic heterocycles. The second-order valence-electron chi connectivity index (χ2n) is 4.66. The average molecular weight is 346 g/mol. The second kappa shape index (κ2) is 5.46. The molecule has 0 spiro atoms. The lowest BCUT2D eigenvalue weighted by Crippen LogP contribution is -2.03. The van der Waals surface area contributed by atoms with Crippen molar-refractivity contribution in [2.75, 3.05) is 0 Å². The topological polar surface area (TPSA) is 30.0 Å². The van der Waals surface area contributed by atoms with Crippen LogP contribution in [0.5, 0.6) is 0 Å². The Morgan fingerprint density at radius 3 is 2.70 bits per heavy atom. The zero-order valence-electron chi connectivity index (χ0n) is 10.9. The highest BCUT2D eigenvalue weighted by molar-refractivity contribution is 9.10. The predicted molar refractivity (Wildman–Crippen MR) is 86.5 cm³/mol. The molecule has 0 fully saturated rings. The molecule has 1 aromatic heterocycles. The molecule has 100 valence electrons. The van der Waals surface area contributed by atoms with Crippen molar-refractivity contribution in [3.63, 3.8) is 0 Å². The fourth-order valence-corrected chi connectivity index (χ4v) is 3.14. The zero-order valence-corrected chi connectivity index (χ0v) is 13.3. The molecule has 3 rings (SSSR count). The van der Waals surface area contributed by atoms with E-state index in [0.717, 1.165) is 31.5 Å². The van der Waals surface area contributed by atoms with Crippen molar-refractivity contribution in [3.8, 4) is 0 Å². The van der Waals surface area contributed by atoms with Crippen molar-refractivity contribution >= 4 is 43.8 Å². The number of rotatable bonds is 3. The first-order chi connectivity index (χ1) is 9.61. The molecular formula is C16H12BrNOS. The van der Waals surface area contributed by atoms with Crippen LogP contribution in [-0.2, 0) is 6.42 Å². The van der Waals surface area contributed by atoms with E-state index in [-0.39, 0.29) is 5.78 Å². The first-order valence-corrected chi connectivity index (χ1v) is 7.92. The molecule has 0 saturated heterocycles. The van der Waals surface area contributed by atoms with Gasteiger partial charge >= 0.3 is 0 Å². The fraction of sp³-hybridized carbons (Fsp3) is 0.125. The van der Waals surface area contributed by atoms with Gasteiger partial charge in [0.15, 0.2) is 5.78 Å². The van der Waals surface area contributed by atoms with Gasteiger partial charge in [-0.3, -0.25) is 4.79 Å². The minimum absolute atomic E-state index is 0.111. The molecule has 0 atom stereocenters. The summed E-state index contributed by atoms with van der Waals surface area (Å²) in [5, 5.41) is 5.15. The molecule has 2 aromatic carbocycles. The van der Waals surface area contributed by atoms with E-state index in [1.807, 2.05) is 48.7 Å². The summed E-state index contributed by atoms with van der Waals surface area (Å²) >= 11 is 5.03. The van der Waals surface area contributed by atoms with Gasteiger partial charge < -0.3 is 0 Å². The summed E-state index contributed by atoms with van der Waals surface area (Å²) < 4.78 is 1.04. The van der Waals surface area contributed by atoms with Gasteiger partial charge in [-0.25, -0.2) is 4.98 Å². The van der Waals surface area contributed by atoms with Crippen molar-refractivity contribution in [3.05, 3.63) is 62.5 Å². The molecule has 4 heteroatoms. The second-order valence-corrected chi connectivity index (χ2v) is 6.64. The van der Waals surface area contributed by atoms with E-state index in [9.17, 15) is 4.79 Å². The van der Waals surface area contributed by atoms with Crippen LogP contribution in [0, 0.1) is 6.92 Å². The maximum Gasteiger partial charge on any atom is 0.168 e. The summed E-state index contributed by atoms with van der Waals surface area (Å²) in [6.07, 6.45) is 0.367. The maximum atomic E-state index is 12.3. The first kappa shape index (κ1) is 13.5. The van der Waals surface area contributed by atoms with Crippen LogP contribution in [0.25, 0.3) is 10.8 Å². The highest BCUT2D eigenvalue weighted by atomic mass is 79.9. The Labute approximate surface area is 129 Å². The number of Topliss-reactive ketones (excluding diaryl/α,β-unsaturated/α-hetero) is 1. The SMILES string of the molecule is Cc1nc(CC(=O)c2ccc3cc(Br)ccc3c2)cs1. The number of hydrogen-bond donors (Lipinski definition) is 0. The van der Waals surface area contributed by atoms with Gasteiger partial charge in [0.05, 0.1) is 17.1 Å². The molecule has 1 heterocycles. The highest BCUT2D eigenvalue weighted by Crippen LogP contribution is 2.22. The maximum absolute atomic E-state index is 12.3. The molecule has 0 amide bonds. The number of aromatic nitrogens is 1. The first-order valence-electron chi connectivity index (χ1n) is 6.25. The Morgan fingerprint density at radius 2 is 1.95 bits per heavy atom. The van der Waals surface area contributed by atoms with E-state index in [1.54, 1.807) is 11.3 Å². The Bertz CT molecular complexity index is 794. The van der Waals surface area contributed by atoms with Crippen molar-refractivity contribution in [1.82, 2.24) is 4.98 Å². The standard InChI is InChI=1S/C16H12BrNOS/c1-10-18-15(9-20-10)8-16(19)13-3-2-12-7-14(17)5-4-11(12)6-13/h2-7,9H,8H2,1H3. The lowest BCUT2D eigenvalue weighted by molar-refractivity contribution is 0.0992. The average Bonchev–Trinajstić information content (AvgIpc) is 2.83. The number of halogens is 1. The monoisotopic (exact) mass is 345 g/mol. The fourth-order valence-electron chi connectivity index (χ4n) is 2.15. The van der Waals surface area contributed by atoms with Crippen LogP contribution in [-0.4, -0.2) is 10.8 Å².